The van der Waals surface area contributed by atoms with Crippen molar-refractivity contribution < 1.29 is 9.53 Å². The molecule has 0 aromatic heterocycles. The van der Waals surface area contributed by atoms with Gasteiger partial charge in [0.1, 0.15) is 5.75 Å². The maximum absolute atomic E-state index is 12.5. The molecular formula is C25H35IN4O2. The summed E-state index contributed by atoms with van der Waals surface area (Å²) >= 11 is 0. The lowest BCUT2D eigenvalue weighted by Crippen LogP contribution is -2.38. The van der Waals surface area contributed by atoms with Crippen molar-refractivity contribution in [1.29, 1.82) is 0 Å². The lowest BCUT2D eigenvalue weighted by Gasteiger charge is -2.16. The number of methoxy groups -OCH3 is 1. The number of rotatable bonds is 10. The van der Waals surface area contributed by atoms with E-state index in [0.717, 1.165) is 63.6 Å². The van der Waals surface area contributed by atoms with E-state index < -0.39 is 0 Å². The molecule has 1 aliphatic heterocycles. The molecule has 0 fully saturated rings. The Morgan fingerprint density at radius 2 is 1.59 bits per heavy atom. The number of amides is 1. The van der Waals surface area contributed by atoms with E-state index in [4.69, 9.17) is 4.74 Å². The Bertz CT molecular complexity index is 846. The van der Waals surface area contributed by atoms with Crippen molar-refractivity contribution in [3.05, 3.63) is 65.2 Å². The third-order valence-electron chi connectivity index (χ3n) is 5.62. The predicted molar refractivity (Wildman–Crippen MR) is 141 cm³/mol. The largest absolute Gasteiger partial charge is 0.497 e. The summed E-state index contributed by atoms with van der Waals surface area (Å²) in [5.41, 5.74) is 3.87. The quantitative estimate of drug-likeness (QED) is 0.202. The summed E-state index contributed by atoms with van der Waals surface area (Å²) in [6.07, 6.45) is 4.59. The van der Waals surface area contributed by atoms with Crippen LogP contribution in [0.1, 0.15) is 42.4 Å². The van der Waals surface area contributed by atoms with Crippen LogP contribution in [0, 0.1) is 0 Å². The molecule has 0 aliphatic carbocycles. The average Bonchev–Trinajstić information content (AvgIpc) is 3.25. The lowest BCUT2D eigenvalue weighted by atomic mass is 10.1. The SMILES string of the molecule is CN=C(NCCCCc1ccc(OC)cc1)NCCCC(=O)N1Cc2ccccc2C1.I. The van der Waals surface area contributed by atoms with E-state index in [0.29, 0.717) is 6.42 Å². The van der Waals surface area contributed by atoms with E-state index >= 15 is 0 Å². The standard InChI is InChI=1S/C25H34N4O2.HI/c1-26-25(27-16-6-5-8-20-12-14-23(31-2)15-13-20)28-17-7-11-24(30)29-18-21-9-3-4-10-22(21)19-29;/h3-4,9-10,12-15H,5-8,11,16-19H2,1-2H3,(H2,26,27,28);1H. The van der Waals surface area contributed by atoms with E-state index in [1.807, 2.05) is 29.2 Å². The summed E-state index contributed by atoms with van der Waals surface area (Å²) in [5.74, 6) is 1.91. The normalized spacial score (nSPS) is 12.7. The van der Waals surface area contributed by atoms with Crippen molar-refractivity contribution in [3.8, 4) is 5.75 Å². The summed E-state index contributed by atoms with van der Waals surface area (Å²) in [6.45, 7) is 3.09. The van der Waals surface area contributed by atoms with Gasteiger partial charge >= 0.3 is 0 Å². The lowest BCUT2D eigenvalue weighted by molar-refractivity contribution is -0.131. The molecule has 174 valence electrons. The Balaban J connectivity index is 0.00000363. The van der Waals surface area contributed by atoms with Crippen LogP contribution in [0.15, 0.2) is 53.5 Å². The van der Waals surface area contributed by atoms with Gasteiger partial charge in [0.15, 0.2) is 5.96 Å². The predicted octanol–water partition coefficient (Wildman–Crippen LogP) is 4.12. The van der Waals surface area contributed by atoms with Crippen LogP contribution >= 0.6 is 24.0 Å². The zero-order valence-electron chi connectivity index (χ0n) is 19.1. The maximum atomic E-state index is 12.5. The minimum Gasteiger partial charge on any atom is -0.497 e. The number of hydrogen-bond acceptors (Lipinski definition) is 3. The zero-order valence-corrected chi connectivity index (χ0v) is 21.4. The molecule has 0 atom stereocenters. The number of fused-ring (bicyclic) bond motifs is 1. The van der Waals surface area contributed by atoms with Gasteiger partial charge in [-0.25, -0.2) is 0 Å². The first-order valence-electron chi connectivity index (χ1n) is 11.1. The number of aliphatic imine (C=N–C) groups is 1. The van der Waals surface area contributed by atoms with Gasteiger partial charge in [0.25, 0.3) is 0 Å². The van der Waals surface area contributed by atoms with Gasteiger partial charge in [0.05, 0.1) is 7.11 Å². The van der Waals surface area contributed by atoms with Crippen LogP contribution in [0.3, 0.4) is 0 Å². The molecule has 1 amide bonds. The van der Waals surface area contributed by atoms with Gasteiger partial charge in [-0.05, 0) is 54.5 Å². The summed E-state index contributed by atoms with van der Waals surface area (Å²) in [6, 6.07) is 16.5. The molecule has 0 radical (unpaired) electrons. The Labute approximate surface area is 208 Å². The van der Waals surface area contributed by atoms with Gasteiger partial charge < -0.3 is 20.3 Å². The highest BCUT2D eigenvalue weighted by atomic mass is 127. The summed E-state index contributed by atoms with van der Waals surface area (Å²) in [4.78, 5) is 18.7. The molecule has 0 spiro atoms. The first-order valence-corrected chi connectivity index (χ1v) is 11.1. The van der Waals surface area contributed by atoms with Crippen molar-refractivity contribution in [2.24, 2.45) is 4.99 Å². The van der Waals surface area contributed by atoms with Crippen molar-refractivity contribution in [1.82, 2.24) is 15.5 Å². The number of ether oxygens (including phenoxy) is 1. The first-order chi connectivity index (χ1) is 15.2. The van der Waals surface area contributed by atoms with Gasteiger partial charge in [0.2, 0.25) is 5.91 Å². The molecule has 7 heteroatoms. The maximum Gasteiger partial charge on any atom is 0.223 e. The van der Waals surface area contributed by atoms with Crippen LogP contribution in [-0.4, -0.2) is 44.0 Å². The van der Waals surface area contributed by atoms with E-state index in [2.05, 4.69) is 39.9 Å². The van der Waals surface area contributed by atoms with Gasteiger partial charge in [-0.15, -0.1) is 24.0 Å². The number of hydrogen-bond donors (Lipinski definition) is 2. The fourth-order valence-corrected chi connectivity index (χ4v) is 3.79. The molecule has 0 saturated carbocycles. The summed E-state index contributed by atoms with van der Waals surface area (Å²) < 4.78 is 5.19. The third-order valence-corrected chi connectivity index (χ3v) is 5.62. The molecule has 3 rings (SSSR count). The van der Waals surface area contributed by atoms with Crippen molar-refractivity contribution >= 4 is 35.8 Å². The van der Waals surface area contributed by atoms with E-state index in [1.54, 1.807) is 14.2 Å². The minimum atomic E-state index is 0. The number of nitrogens with one attached hydrogen (secondary N) is 2. The summed E-state index contributed by atoms with van der Waals surface area (Å²) in [7, 11) is 3.46. The summed E-state index contributed by atoms with van der Waals surface area (Å²) in [5, 5.41) is 6.66. The molecule has 0 unspecified atom stereocenters. The number of unbranched alkanes of at least 4 members (excludes halogenated alkanes) is 1. The highest BCUT2D eigenvalue weighted by Gasteiger charge is 2.22. The highest BCUT2D eigenvalue weighted by molar-refractivity contribution is 14.0. The van der Waals surface area contributed by atoms with Crippen molar-refractivity contribution in [2.45, 2.75) is 45.2 Å². The van der Waals surface area contributed by atoms with Gasteiger partial charge in [0, 0.05) is 39.6 Å². The van der Waals surface area contributed by atoms with E-state index in [1.165, 1.54) is 16.7 Å². The number of halogens is 1. The number of nitrogens with zero attached hydrogens (tertiary/aromatic N) is 2. The number of guanidine groups is 1. The van der Waals surface area contributed by atoms with E-state index in [9.17, 15) is 4.79 Å². The average molecular weight is 550 g/mol. The monoisotopic (exact) mass is 550 g/mol. The molecular weight excluding hydrogens is 515 g/mol. The fraction of sp³-hybridized carbons (Fsp3) is 0.440. The molecule has 0 bridgehead atoms. The van der Waals surface area contributed by atoms with Crippen LogP contribution < -0.4 is 15.4 Å². The second-order valence-electron chi connectivity index (χ2n) is 7.85. The molecule has 2 aromatic carbocycles. The number of carbonyl (C=O) groups is 1. The fourth-order valence-electron chi connectivity index (χ4n) is 3.79. The Morgan fingerprint density at radius 3 is 2.19 bits per heavy atom. The molecule has 2 N–H and O–H groups in total. The molecule has 32 heavy (non-hydrogen) atoms. The van der Waals surface area contributed by atoms with Crippen LogP contribution in [0.25, 0.3) is 0 Å². The Hall–Kier alpha value is -2.29. The number of carbonyl (C=O) groups excluding carboxylic acids is 1. The second-order valence-corrected chi connectivity index (χ2v) is 7.85. The zero-order chi connectivity index (χ0) is 21.9. The number of benzene rings is 2. The van der Waals surface area contributed by atoms with Crippen LogP contribution in [0.2, 0.25) is 0 Å². The van der Waals surface area contributed by atoms with Crippen molar-refractivity contribution in [2.75, 3.05) is 27.2 Å². The molecule has 1 heterocycles. The Morgan fingerprint density at radius 1 is 0.969 bits per heavy atom. The molecule has 1 aliphatic rings. The van der Waals surface area contributed by atoms with Gasteiger partial charge in [-0.3, -0.25) is 9.79 Å². The first kappa shape index (κ1) is 26.0. The van der Waals surface area contributed by atoms with Crippen LogP contribution in [0.4, 0.5) is 0 Å². The molecule has 0 saturated heterocycles. The van der Waals surface area contributed by atoms with Gasteiger partial charge in [-0.2, -0.15) is 0 Å². The topological polar surface area (TPSA) is 66.0 Å². The number of aryl methyl sites for hydroxylation is 1. The smallest absolute Gasteiger partial charge is 0.223 e. The van der Waals surface area contributed by atoms with E-state index in [-0.39, 0.29) is 29.9 Å². The third kappa shape index (κ3) is 8.00. The second kappa shape index (κ2) is 14.0. The Kier molecular flexibility index (Phi) is 11.3. The van der Waals surface area contributed by atoms with Crippen LogP contribution in [0.5, 0.6) is 5.75 Å². The van der Waals surface area contributed by atoms with Gasteiger partial charge in [-0.1, -0.05) is 36.4 Å². The molecule has 6 nitrogen and oxygen atoms in total. The van der Waals surface area contributed by atoms with Crippen LogP contribution in [-0.2, 0) is 24.3 Å². The van der Waals surface area contributed by atoms with Crippen molar-refractivity contribution in [3.63, 3.8) is 0 Å². The highest BCUT2D eigenvalue weighted by Crippen LogP contribution is 2.22. The minimum absolute atomic E-state index is 0. The molecule has 2 aromatic rings.